The van der Waals surface area contributed by atoms with Gasteiger partial charge in [-0.1, -0.05) is 18.2 Å². The third-order valence-electron chi connectivity index (χ3n) is 7.53. The first-order valence-electron chi connectivity index (χ1n) is 13.3. The van der Waals surface area contributed by atoms with Gasteiger partial charge in [0.2, 0.25) is 5.95 Å². The van der Waals surface area contributed by atoms with E-state index >= 15 is 0 Å². The number of aryl methyl sites for hydroxylation is 1. The molecule has 208 valence electrons. The number of ether oxygens (including phenoxy) is 1. The van der Waals surface area contributed by atoms with Gasteiger partial charge in [-0.05, 0) is 49.1 Å². The summed E-state index contributed by atoms with van der Waals surface area (Å²) in [7, 11) is 1.64. The summed E-state index contributed by atoms with van der Waals surface area (Å²) >= 11 is 0. The van der Waals surface area contributed by atoms with Crippen LogP contribution < -0.4 is 0 Å². The summed E-state index contributed by atoms with van der Waals surface area (Å²) in [5.74, 6) is -1.61. The van der Waals surface area contributed by atoms with E-state index in [0.29, 0.717) is 37.6 Å². The Kier molecular flexibility index (Phi) is 8.37. The summed E-state index contributed by atoms with van der Waals surface area (Å²) in [6.45, 7) is 6.30. The van der Waals surface area contributed by atoms with Crippen LogP contribution >= 0.6 is 0 Å². The van der Waals surface area contributed by atoms with Crippen molar-refractivity contribution in [2.45, 2.75) is 32.6 Å². The number of benzene rings is 1. The van der Waals surface area contributed by atoms with Crippen LogP contribution in [0.3, 0.4) is 0 Å². The normalized spacial score (nSPS) is 17.4. The number of aromatic nitrogens is 5. The van der Waals surface area contributed by atoms with Crippen LogP contribution in [0.4, 0.5) is 8.78 Å². The molecule has 1 aromatic carbocycles. The molecule has 8 nitrogen and oxygen atoms in total. The second-order valence-electron chi connectivity index (χ2n) is 10.3. The van der Waals surface area contributed by atoms with Crippen molar-refractivity contribution in [1.82, 2.24) is 29.6 Å². The standard InChI is InChI=1S/C30H32F2N6O2/c1-19-28(38(24-7-5-4-6-8-24)36-29(19)23-15-33-20(2)34-16-23)13-25(39)11-22-17-37(9-10-40-3)18-26(22)21-12-27(31)30(32)35-14-21/h4-8,12,14-16,22,26H,9-11,13,17-18H2,1-3H3/t22-,26+/m1/s1. The van der Waals surface area contributed by atoms with Crippen molar-refractivity contribution in [2.24, 2.45) is 5.92 Å². The van der Waals surface area contributed by atoms with Gasteiger partial charge < -0.3 is 9.64 Å². The van der Waals surface area contributed by atoms with Gasteiger partial charge in [0, 0.05) is 69.7 Å². The third-order valence-corrected chi connectivity index (χ3v) is 7.53. The fourth-order valence-electron chi connectivity index (χ4n) is 5.45. The first-order chi connectivity index (χ1) is 19.3. The number of halogens is 2. The summed E-state index contributed by atoms with van der Waals surface area (Å²) in [5.41, 5.74) is 4.64. The van der Waals surface area contributed by atoms with E-state index in [1.807, 2.05) is 48.9 Å². The molecule has 0 radical (unpaired) electrons. The molecular formula is C30H32F2N6O2. The summed E-state index contributed by atoms with van der Waals surface area (Å²) in [6.07, 6.45) is 5.33. The fourth-order valence-corrected chi connectivity index (χ4v) is 5.45. The first kappa shape index (κ1) is 27.7. The molecule has 1 aliphatic rings. The molecule has 4 heterocycles. The molecular weight excluding hydrogens is 514 g/mol. The number of methoxy groups -OCH3 is 1. The van der Waals surface area contributed by atoms with Crippen molar-refractivity contribution in [3.8, 4) is 16.9 Å². The number of para-hydroxylation sites is 1. The van der Waals surface area contributed by atoms with Gasteiger partial charge in [0.1, 0.15) is 11.6 Å². The number of Topliss-reactive ketones (excluding diaryl/α,β-unsaturated/α-hetero) is 1. The van der Waals surface area contributed by atoms with Gasteiger partial charge in [-0.15, -0.1) is 0 Å². The second-order valence-corrected chi connectivity index (χ2v) is 10.3. The van der Waals surface area contributed by atoms with Gasteiger partial charge in [-0.3, -0.25) is 4.79 Å². The molecule has 1 fully saturated rings. The predicted molar refractivity (Wildman–Crippen MR) is 146 cm³/mol. The molecule has 5 rings (SSSR count). The smallest absolute Gasteiger partial charge is 0.248 e. The molecule has 40 heavy (non-hydrogen) atoms. The molecule has 0 saturated carbocycles. The lowest BCUT2D eigenvalue weighted by molar-refractivity contribution is -0.119. The van der Waals surface area contributed by atoms with Crippen LogP contribution in [0.25, 0.3) is 16.9 Å². The molecule has 0 amide bonds. The molecule has 0 aliphatic carbocycles. The van der Waals surface area contributed by atoms with Crippen molar-refractivity contribution in [3.63, 3.8) is 0 Å². The van der Waals surface area contributed by atoms with Crippen LogP contribution in [0, 0.1) is 31.5 Å². The van der Waals surface area contributed by atoms with Crippen LogP contribution in [0.5, 0.6) is 0 Å². The maximum absolute atomic E-state index is 14.1. The number of hydrogen-bond acceptors (Lipinski definition) is 7. The van der Waals surface area contributed by atoms with Gasteiger partial charge in [0.25, 0.3) is 0 Å². The maximum Gasteiger partial charge on any atom is 0.248 e. The number of hydrogen-bond donors (Lipinski definition) is 0. The summed E-state index contributed by atoms with van der Waals surface area (Å²) in [6, 6.07) is 10.9. The van der Waals surface area contributed by atoms with Gasteiger partial charge in [0.15, 0.2) is 5.82 Å². The minimum absolute atomic E-state index is 0.0472. The quantitative estimate of drug-likeness (QED) is 0.271. The minimum atomic E-state index is -1.12. The van der Waals surface area contributed by atoms with E-state index < -0.39 is 11.8 Å². The van der Waals surface area contributed by atoms with E-state index in [9.17, 15) is 13.6 Å². The van der Waals surface area contributed by atoms with Gasteiger partial charge >= 0.3 is 0 Å². The molecule has 0 N–H and O–H groups in total. The lowest BCUT2D eigenvalue weighted by Gasteiger charge is -2.18. The van der Waals surface area contributed by atoms with Crippen LogP contribution in [0.15, 0.2) is 55.0 Å². The molecule has 0 spiro atoms. The Labute approximate surface area is 232 Å². The summed E-state index contributed by atoms with van der Waals surface area (Å²) in [4.78, 5) is 28.1. The Bertz CT molecular complexity index is 1480. The Hall–Kier alpha value is -3.89. The van der Waals surface area contributed by atoms with Crippen LogP contribution in [0.1, 0.15) is 35.0 Å². The highest BCUT2D eigenvalue weighted by Gasteiger charge is 2.36. The predicted octanol–water partition coefficient (Wildman–Crippen LogP) is 4.48. The lowest BCUT2D eigenvalue weighted by atomic mass is 9.85. The SMILES string of the molecule is COCCN1C[C@@H](CC(=O)Cc2c(C)c(-c3cnc(C)nc3)nn2-c2ccccc2)[C@H](c2cnc(F)c(F)c2)C1. The highest BCUT2D eigenvalue weighted by atomic mass is 19.2. The fraction of sp³-hybridized carbons (Fsp3) is 0.367. The van der Waals surface area contributed by atoms with Crippen LogP contribution in [-0.4, -0.2) is 68.8 Å². The van der Waals surface area contributed by atoms with Crippen molar-refractivity contribution < 1.29 is 18.3 Å². The topological polar surface area (TPSA) is 86.0 Å². The Morgan fingerprint density at radius 2 is 1.80 bits per heavy atom. The number of rotatable bonds is 10. The van der Waals surface area contributed by atoms with Crippen molar-refractivity contribution in [2.75, 3.05) is 33.4 Å². The van der Waals surface area contributed by atoms with Crippen LogP contribution in [0.2, 0.25) is 0 Å². The Morgan fingerprint density at radius 3 is 2.50 bits per heavy atom. The van der Waals surface area contributed by atoms with Gasteiger partial charge in [-0.25, -0.2) is 24.0 Å². The molecule has 10 heteroatoms. The number of ketones is 1. The molecule has 3 aromatic heterocycles. The zero-order chi connectivity index (χ0) is 28.2. The first-order valence-corrected chi connectivity index (χ1v) is 13.3. The molecule has 0 unspecified atom stereocenters. The Morgan fingerprint density at radius 1 is 1.05 bits per heavy atom. The minimum Gasteiger partial charge on any atom is -0.383 e. The van der Waals surface area contributed by atoms with Crippen molar-refractivity contribution in [3.05, 3.63) is 89.4 Å². The number of carbonyl (C=O) groups is 1. The summed E-state index contributed by atoms with van der Waals surface area (Å²) in [5, 5.41) is 4.87. The lowest BCUT2D eigenvalue weighted by Crippen LogP contribution is -2.25. The molecule has 0 bridgehead atoms. The Balaban J connectivity index is 1.42. The summed E-state index contributed by atoms with van der Waals surface area (Å²) < 4.78 is 34.7. The molecule has 1 aliphatic heterocycles. The van der Waals surface area contributed by atoms with E-state index in [0.717, 1.165) is 28.2 Å². The van der Waals surface area contributed by atoms with E-state index in [1.54, 1.807) is 19.5 Å². The third kappa shape index (κ3) is 5.97. The zero-order valence-corrected chi connectivity index (χ0v) is 22.8. The number of pyridine rings is 1. The van der Waals surface area contributed by atoms with E-state index in [1.165, 1.54) is 12.3 Å². The van der Waals surface area contributed by atoms with E-state index in [-0.39, 0.29) is 30.5 Å². The number of nitrogens with zero attached hydrogens (tertiary/aromatic N) is 6. The van der Waals surface area contributed by atoms with Crippen LogP contribution in [-0.2, 0) is 16.0 Å². The molecule has 4 aromatic rings. The average molecular weight is 547 g/mol. The highest BCUT2D eigenvalue weighted by molar-refractivity contribution is 5.82. The van der Waals surface area contributed by atoms with E-state index in [4.69, 9.17) is 9.84 Å². The van der Waals surface area contributed by atoms with E-state index in [2.05, 4.69) is 19.9 Å². The van der Waals surface area contributed by atoms with Gasteiger partial charge in [-0.2, -0.15) is 9.49 Å². The number of likely N-dealkylation sites (tertiary alicyclic amines) is 1. The largest absolute Gasteiger partial charge is 0.383 e. The molecule has 2 atom stereocenters. The zero-order valence-electron chi connectivity index (χ0n) is 22.8. The monoisotopic (exact) mass is 546 g/mol. The average Bonchev–Trinajstić information content (AvgIpc) is 3.50. The van der Waals surface area contributed by atoms with Crippen molar-refractivity contribution >= 4 is 5.78 Å². The van der Waals surface area contributed by atoms with Gasteiger partial charge in [0.05, 0.1) is 23.7 Å². The molecule has 1 saturated heterocycles. The number of carbonyl (C=O) groups excluding carboxylic acids is 1. The highest BCUT2D eigenvalue weighted by Crippen LogP contribution is 2.36. The van der Waals surface area contributed by atoms with Crippen molar-refractivity contribution in [1.29, 1.82) is 0 Å². The second kappa shape index (κ2) is 12.1. The maximum atomic E-state index is 14.1.